The van der Waals surface area contributed by atoms with Gasteiger partial charge in [0.1, 0.15) is 0 Å². The van der Waals surface area contributed by atoms with Crippen LogP contribution in [0.4, 0.5) is 0 Å². The summed E-state index contributed by atoms with van der Waals surface area (Å²) < 4.78 is 31.6. The molecule has 0 aliphatic carbocycles. The highest BCUT2D eigenvalue weighted by atomic mass is 32.2. The van der Waals surface area contributed by atoms with Crippen LogP contribution in [-0.2, 0) is 14.8 Å². The van der Waals surface area contributed by atoms with E-state index in [1.807, 2.05) is 0 Å². The first kappa shape index (κ1) is 15.7. The minimum absolute atomic E-state index is 0.174. The third kappa shape index (κ3) is 5.01. The molecule has 0 bridgehead atoms. The second-order valence-corrected chi connectivity index (χ2v) is 5.48. The van der Waals surface area contributed by atoms with Gasteiger partial charge in [-0.1, -0.05) is 24.0 Å². The molecular weight excluding hydrogens is 264 g/mol. The van der Waals surface area contributed by atoms with Gasteiger partial charge in [-0.15, -0.1) is 0 Å². The van der Waals surface area contributed by atoms with E-state index in [4.69, 9.17) is 10.5 Å². The Kier molecular flexibility index (Phi) is 6.53. The normalized spacial score (nSPS) is 10.8. The molecule has 19 heavy (non-hydrogen) atoms. The second kappa shape index (κ2) is 7.92. The van der Waals surface area contributed by atoms with E-state index in [0.29, 0.717) is 25.1 Å². The zero-order valence-electron chi connectivity index (χ0n) is 10.8. The summed E-state index contributed by atoms with van der Waals surface area (Å²) in [6.07, 6.45) is 0.617. The summed E-state index contributed by atoms with van der Waals surface area (Å²) in [4.78, 5) is 0.174. The lowest BCUT2D eigenvalue weighted by molar-refractivity contribution is 0.196. The maximum Gasteiger partial charge on any atom is 0.241 e. The van der Waals surface area contributed by atoms with Gasteiger partial charge in [0.25, 0.3) is 0 Å². The number of methoxy groups -OCH3 is 1. The number of nitrogens with two attached hydrogens (primary N) is 1. The summed E-state index contributed by atoms with van der Waals surface area (Å²) in [6, 6.07) is 6.59. The zero-order chi connectivity index (χ0) is 14.1. The van der Waals surface area contributed by atoms with Crippen LogP contribution in [0.5, 0.6) is 0 Å². The number of sulfonamides is 1. The SMILES string of the molecule is COCCCNS(=O)(=O)c1ccccc1C#CCN. The summed E-state index contributed by atoms with van der Waals surface area (Å²) in [5.74, 6) is 5.42. The topological polar surface area (TPSA) is 81.4 Å². The maximum absolute atomic E-state index is 12.1. The van der Waals surface area contributed by atoms with Gasteiger partial charge < -0.3 is 10.5 Å². The van der Waals surface area contributed by atoms with Crippen LogP contribution in [0, 0.1) is 11.8 Å². The van der Waals surface area contributed by atoms with Crippen LogP contribution >= 0.6 is 0 Å². The maximum atomic E-state index is 12.1. The first-order chi connectivity index (χ1) is 9.11. The Morgan fingerprint density at radius 3 is 2.79 bits per heavy atom. The van der Waals surface area contributed by atoms with Crippen LogP contribution in [0.1, 0.15) is 12.0 Å². The van der Waals surface area contributed by atoms with Crippen molar-refractivity contribution in [3.8, 4) is 11.8 Å². The Bertz CT molecular complexity index is 559. The molecule has 0 radical (unpaired) electrons. The number of rotatable bonds is 6. The van der Waals surface area contributed by atoms with Crippen molar-refractivity contribution in [2.45, 2.75) is 11.3 Å². The molecule has 0 heterocycles. The summed E-state index contributed by atoms with van der Waals surface area (Å²) in [6.45, 7) is 1.03. The lowest BCUT2D eigenvalue weighted by atomic mass is 10.2. The standard InChI is InChI=1S/C13H18N2O3S/c1-18-11-5-10-15-19(16,17)13-8-3-2-6-12(13)7-4-9-14/h2-3,6,8,15H,5,9-11,14H2,1H3. The fraction of sp³-hybridized carbons (Fsp3) is 0.385. The van der Waals surface area contributed by atoms with Crippen molar-refractivity contribution in [3.63, 3.8) is 0 Å². The quantitative estimate of drug-likeness (QED) is 0.581. The minimum atomic E-state index is -3.55. The molecule has 3 N–H and O–H groups in total. The van der Waals surface area contributed by atoms with Crippen molar-refractivity contribution in [1.29, 1.82) is 0 Å². The highest BCUT2D eigenvalue weighted by Crippen LogP contribution is 2.13. The second-order valence-electron chi connectivity index (χ2n) is 3.75. The largest absolute Gasteiger partial charge is 0.385 e. The summed E-state index contributed by atoms with van der Waals surface area (Å²) in [5, 5.41) is 0. The predicted molar refractivity (Wildman–Crippen MR) is 74.1 cm³/mol. The monoisotopic (exact) mass is 282 g/mol. The van der Waals surface area contributed by atoms with E-state index in [9.17, 15) is 8.42 Å². The molecule has 5 nitrogen and oxygen atoms in total. The van der Waals surface area contributed by atoms with Crippen LogP contribution in [0.25, 0.3) is 0 Å². The van der Waals surface area contributed by atoms with E-state index in [1.54, 1.807) is 25.3 Å². The molecule has 0 unspecified atom stereocenters. The summed E-state index contributed by atoms with van der Waals surface area (Å²) in [5.41, 5.74) is 5.75. The van der Waals surface area contributed by atoms with Gasteiger partial charge in [0.15, 0.2) is 0 Å². The molecule has 104 valence electrons. The third-order valence-electron chi connectivity index (χ3n) is 2.32. The Morgan fingerprint density at radius 2 is 2.11 bits per heavy atom. The molecule has 1 aromatic carbocycles. The van der Waals surface area contributed by atoms with E-state index in [1.165, 1.54) is 6.07 Å². The molecular formula is C13H18N2O3S. The van der Waals surface area contributed by atoms with Gasteiger partial charge in [-0.2, -0.15) is 0 Å². The van der Waals surface area contributed by atoms with Crippen LogP contribution in [0.15, 0.2) is 29.2 Å². The van der Waals surface area contributed by atoms with Crippen molar-refractivity contribution in [2.75, 3.05) is 26.8 Å². The summed E-state index contributed by atoms with van der Waals surface area (Å²) in [7, 11) is -1.98. The lowest BCUT2D eigenvalue weighted by Gasteiger charge is -2.08. The number of benzene rings is 1. The smallest absolute Gasteiger partial charge is 0.241 e. The van der Waals surface area contributed by atoms with Gasteiger partial charge in [0.2, 0.25) is 10.0 Å². The average Bonchev–Trinajstić information content (AvgIpc) is 2.41. The molecule has 0 saturated carbocycles. The number of nitrogens with one attached hydrogen (secondary N) is 1. The summed E-state index contributed by atoms with van der Waals surface area (Å²) >= 11 is 0. The molecule has 1 aromatic rings. The predicted octanol–water partition coefficient (Wildman–Crippen LogP) is 0.312. The average molecular weight is 282 g/mol. The minimum Gasteiger partial charge on any atom is -0.385 e. The zero-order valence-corrected chi connectivity index (χ0v) is 11.7. The van der Waals surface area contributed by atoms with Crippen LogP contribution in [0.3, 0.4) is 0 Å². The van der Waals surface area contributed by atoms with Crippen LogP contribution < -0.4 is 10.5 Å². The van der Waals surface area contributed by atoms with E-state index in [2.05, 4.69) is 16.6 Å². The first-order valence-electron chi connectivity index (χ1n) is 5.88. The van der Waals surface area contributed by atoms with Crippen molar-refractivity contribution in [3.05, 3.63) is 29.8 Å². The highest BCUT2D eigenvalue weighted by molar-refractivity contribution is 7.89. The third-order valence-corrected chi connectivity index (χ3v) is 3.84. The number of hydrogen-bond donors (Lipinski definition) is 2. The van der Waals surface area contributed by atoms with E-state index >= 15 is 0 Å². The Hall–Kier alpha value is -1.39. The molecule has 0 spiro atoms. The van der Waals surface area contributed by atoms with Gasteiger partial charge >= 0.3 is 0 Å². The van der Waals surface area contributed by atoms with E-state index < -0.39 is 10.0 Å². The number of ether oxygens (including phenoxy) is 1. The van der Waals surface area contributed by atoms with Crippen LogP contribution in [0.2, 0.25) is 0 Å². The molecule has 0 aliphatic heterocycles. The van der Waals surface area contributed by atoms with Crippen molar-refractivity contribution >= 4 is 10.0 Å². The van der Waals surface area contributed by atoms with E-state index in [0.717, 1.165) is 0 Å². The molecule has 0 fully saturated rings. The number of hydrogen-bond acceptors (Lipinski definition) is 4. The fourth-order valence-corrected chi connectivity index (χ4v) is 2.69. The molecule has 0 saturated heterocycles. The van der Waals surface area contributed by atoms with Crippen molar-refractivity contribution in [1.82, 2.24) is 4.72 Å². The fourth-order valence-electron chi connectivity index (χ4n) is 1.45. The molecule has 0 atom stereocenters. The first-order valence-corrected chi connectivity index (χ1v) is 7.36. The van der Waals surface area contributed by atoms with Gasteiger partial charge in [-0.25, -0.2) is 13.1 Å². The van der Waals surface area contributed by atoms with Gasteiger partial charge in [0.05, 0.1) is 11.4 Å². The van der Waals surface area contributed by atoms with E-state index in [-0.39, 0.29) is 11.4 Å². The molecule has 0 aromatic heterocycles. The van der Waals surface area contributed by atoms with Gasteiger partial charge in [-0.3, -0.25) is 0 Å². The van der Waals surface area contributed by atoms with Gasteiger partial charge in [-0.05, 0) is 18.6 Å². The lowest BCUT2D eigenvalue weighted by Crippen LogP contribution is -2.26. The van der Waals surface area contributed by atoms with Crippen molar-refractivity contribution < 1.29 is 13.2 Å². The Balaban J connectivity index is 2.88. The molecule has 0 amide bonds. The Labute approximate surface area is 114 Å². The van der Waals surface area contributed by atoms with Gasteiger partial charge in [0, 0.05) is 25.8 Å². The highest BCUT2D eigenvalue weighted by Gasteiger charge is 2.16. The molecule has 0 aliphatic rings. The molecule has 6 heteroatoms. The Morgan fingerprint density at radius 1 is 1.37 bits per heavy atom. The van der Waals surface area contributed by atoms with Crippen molar-refractivity contribution in [2.24, 2.45) is 5.73 Å². The van der Waals surface area contributed by atoms with Crippen LogP contribution in [-0.4, -0.2) is 35.2 Å². The molecule has 1 rings (SSSR count).